The molecule has 1 fully saturated rings. The smallest absolute Gasteiger partial charge is 0.233 e. The molecule has 1 aliphatic rings. The summed E-state index contributed by atoms with van der Waals surface area (Å²) in [6.45, 7) is 7.34. The maximum atomic E-state index is 12.5. The maximum absolute atomic E-state index is 12.5. The molecule has 1 saturated heterocycles. The molecule has 6 nitrogen and oxygen atoms in total. The van der Waals surface area contributed by atoms with Gasteiger partial charge in [0.1, 0.15) is 6.33 Å². The number of para-hydroxylation sites is 1. The first-order valence-electron chi connectivity index (χ1n) is 8.06. The predicted molar refractivity (Wildman–Crippen MR) is 93.4 cm³/mol. The topological polar surface area (TPSA) is 60.2 Å². The molecule has 0 radical (unpaired) electrons. The SMILES string of the molecule is Cc1ccccc1-n1cnnc1SCC(=O)N1C[C@@H](C)O[C@H](C)C1. The fourth-order valence-electron chi connectivity index (χ4n) is 2.92. The average Bonchev–Trinajstić information content (AvgIpc) is 3.00. The second-order valence-corrected chi connectivity index (χ2v) is 7.06. The molecule has 0 spiro atoms. The number of rotatable bonds is 4. The molecule has 3 rings (SSSR count). The van der Waals surface area contributed by atoms with Crippen LogP contribution in [0.15, 0.2) is 35.7 Å². The number of benzene rings is 1. The predicted octanol–water partition coefficient (Wildman–Crippen LogP) is 2.30. The molecule has 0 bridgehead atoms. The normalized spacial score (nSPS) is 21.0. The molecule has 0 saturated carbocycles. The summed E-state index contributed by atoms with van der Waals surface area (Å²) in [5.74, 6) is 0.464. The lowest BCUT2D eigenvalue weighted by molar-refractivity contribution is -0.140. The summed E-state index contributed by atoms with van der Waals surface area (Å²) >= 11 is 1.42. The van der Waals surface area contributed by atoms with Crippen molar-refractivity contribution in [3.05, 3.63) is 36.2 Å². The number of nitrogens with zero attached hydrogens (tertiary/aromatic N) is 4. The van der Waals surface area contributed by atoms with Gasteiger partial charge in [-0.05, 0) is 32.4 Å². The average molecular weight is 346 g/mol. The van der Waals surface area contributed by atoms with E-state index in [1.807, 2.05) is 54.5 Å². The van der Waals surface area contributed by atoms with E-state index in [0.717, 1.165) is 16.4 Å². The van der Waals surface area contributed by atoms with Crippen LogP contribution in [0.3, 0.4) is 0 Å². The van der Waals surface area contributed by atoms with Gasteiger partial charge in [0.15, 0.2) is 5.16 Å². The first-order chi connectivity index (χ1) is 11.5. The summed E-state index contributed by atoms with van der Waals surface area (Å²) in [5, 5.41) is 8.89. The van der Waals surface area contributed by atoms with E-state index in [9.17, 15) is 4.79 Å². The third-order valence-electron chi connectivity index (χ3n) is 3.99. The van der Waals surface area contributed by atoms with E-state index in [1.165, 1.54) is 11.8 Å². The number of aromatic nitrogens is 3. The number of carbonyl (C=O) groups excluding carboxylic acids is 1. The van der Waals surface area contributed by atoms with Crippen LogP contribution in [0.25, 0.3) is 5.69 Å². The maximum Gasteiger partial charge on any atom is 0.233 e. The molecule has 1 amide bonds. The van der Waals surface area contributed by atoms with Crippen molar-refractivity contribution in [2.45, 2.75) is 38.1 Å². The van der Waals surface area contributed by atoms with Crippen LogP contribution < -0.4 is 0 Å². The van der Waals surface area contributed by atoms with Crippen molar-refractivity contribution in [2.75, 3.05) is 18.8 Å². The number of morpholine rings is 1. The number of carbonyl (C=O) groups is 1. The number of ether oxygens (including phenoxy) is 1. The van der Waals surface area contributed by atoms with Crippen molar-refractivity contribution in [1.29, 1.82) is 0 Å². The molecule has 128 valence electrons. The molecule has 1 aromatic heterocycles. The summed E-state index contributed by atoms with van der Waals surface area (Å²) in [6, 6.07) is 8.06. The van der Waals surface area contributed by atoms with Gasteiger partial charge >= 0.3 is 0 Å². The van der Waals surface area contributed by atoms with Crippen LogP contribution in [0, 0.1) is 6.92 Å². The summed E-state index contributed by atoms with van der Waals surface area (Å²) in [7, 11) is 0. The van der Waals surface area contributed by atoms with E-state index < -0.39 is 0 Å². The Morgan fingerprint density at radius 3 is 2.71 bits per heavy atom. The van der Waals surface area contributed by atoms with E-state index in [-0.39, 0.29) is 18.1 Å². The van der Waals surface area contributed by atoms with Gasteiger partial charge in [0.25, 0.3) is 0 Å². The quantitative estimate of drug-likeness (QED) is 0.795. The van der Waals surface area contributed by atoms with Gasteiger partial charge in [-0.15, -0.1) is 10.2 Å². The minimum Gasteiger partial charge on any atom is -0.372 e. The van der Waals surface area contributed by atoms with Gasteiger partial charge < -0.3 is 9.64 Å². The molecular weight excluding hydrogens is 324 g/mol. The summed E-state index contributed by atoms with van der Waals surface area (Å²) in [5.41, 5.74) is 2.17. The summed E-state index contributed by atoms with van der Waals surface area (Å²) in [6.07, 6.45) is 1.85. The number of amides is 1. The molecule has 0 unspecified atom stereocenters. The van der Waals surface area contributed by atoms with Gasteiger partial charge in [-0.1, -0.05) is 30.0 Å². The van der Waals surface area contributed by atoms with Crippen molar-refractivity contribution in [3.63, 3.8) is 0 Å². The van der Waals surface area contributed by atoms with Gasteiger partial charge in [0.2, 0.25) is 5.91 Å². The molecule has 24 heavy (non-hydrogen) atoms. The highest BCUT2D eigenvalue weighted by Crippen LogP contribution is 2.22. The zero-order valence-corrected chi connectivity index (χ0v) is 15.0. The second kappa shape index (κ2) is 7.36. The molecular formula is C17H22N4O2S. The lowest BCUT2D eigenvalue weighted by Crippen LogP contribution is -2.48. The molecule has 0 N–H and O–H groups in total. The van der Waals surface area contributed by atoms with Gasteiger partial charge in [0.05, 0.1) is 23.6 Å². The minimum atomic E-state index is 0.0818. The Hall–Kier alpha value is -1.86. The fourth-order valence-corrected chi connectivity index (χ4v) is 3.75. The van der Waals surface area contributed by atoms with E-state index in [0.29, 0.717) is 18.8 Å². The van der Waals surface area contributed by atoms with Gasteiger partial charge in [-0.25, -0.2) is 0 Å². The monoisotopic (exact) mass is 346 g/mol. The first-order valence-corrected chi connectivity index (χ1v) is 9.05. The Morgan fingerprint density at radius 2 is 2.00 bits per heavy atom. The van der Waals surface area contributed by atoms with E-state index in [4.69, 9.17) is 4.74 Å². The largest absolute Gasteiger partial charge is 0.372 e. The van der Waals surface area contributed by atoms with Crippen molar-refractivity contribution < 1.29 is 9.53 Å². The number of hydrogen-bond donors (Lipinski definition) is 0. The van der Waals surface area contributed by atoms with Gasteiger partial charge in [-0.3, -0.25) is 9.36 Å². The lowest BCUT2D eigenvalue weighted by Gasteiger charge is -2.35. The van der Waals surface area contributed by atoms with Crippen LogP contribution in [-0.4, -0.2) is 56.6 Å². The lowest BCUT2D eigenvalue weighted by atomic mass is 10.2. The molecule has 1 aromatic carbocycles. The van der Waals surface area contributed by atoms with Crippen molar-refractivity contribution in [3.8, 4) is 5.69 Å². The Morgan fingerprint density at radius 1 is 1.29 bits per heavy atom. The molecule has 2 atom stereocenters. The van der Waals surface area contributed by atoms with Crippen LogP contribution in [0.1, 0.15) is 19.4 Å². The summed E-state index contributed by atoms with van der Waals surface area (Å²) in [4.78, 5) is 14.4. The highest BCUT2D eigenvalue weighted by atomic mass is 32.2. The third kappa shape index (κ3) is 3.79. The fraction of sp³-hybridized carbons (Fsp3) is 0.471. The van der Waals surface area contributed by atoms with Crippen LogP contribution in [0.4, 0.5) is 0 Å². The Balaban J connectivity index is 1.67. The van der Waals surface area contributed by atoms with Crippen molar-refractivity contribution >= 4 is 17.7 Å². The van der Waals surface area contributed by atoms with Crippen LogP contribution >= 0.6 is 11.8 Å². The van der Waals surface area contributed by atoms with E-state index >= 15 is 0 Å². The summed E-state index contributed by atoms with van der Waals surface area (Å²) < 4.78 is 7.61. The highest BCUT2D eigenvalue weighted by molar-refractivity contribution is 7.99. The standard InChI is InChI=1S/C17H22N4O2S/c1-12-6-4-5-7-15(12)21-11-18-19-17(21)24-10-16(22)20-8-13(2)23-14(3)9-20/h4-7,11,13-14H,8-10H2,1-3H3/t13-,14-/m1/s1. The molecule has 2 aromatic rings. The molecule has 1 aliphatic heterocycles. The first kappa shape index (κ1) is 17.0. The Labute approximate surface area is 146 Å². The second-order valence-electron chi connectivity index (χ2n) is 6.11. The van der Waals surface area contributed by atoms with Crippen LogP contribution in [0.2, 0.25) is 0 Å². The third-order valence-corrected chi connectivity index (χ3v) is 4.92. The highest BCUT2D eigenvalue weighted by Gasteiger charge is 2.26. The Bertz CT molecular complexity index is 708. The van der Waals surface area contributed by atoms with Gasteiger partial charge in [-0.2, -0.15) is 0 Å². The molecule has 7 heteroatoms. The van der Waals surface area contributed by atoms with Crippen molar-refractivity contribution in [1.82, 2.24) is 19.7 Å². The number of thioether (sulfide) groups is 1. The zero-order chi connectivity index (χ0) is 17.1. The molecule has 2 heterocycles. The van der Waals surface area contributed by atoms with Crippen molar-refractivity contribution in [2.24, 2.45) is 0 Å². The van der Waals surface area contributed by atoms with Crippen LogP contribution in [0.5, 0.6) is 0 Å². The Kier molecular flexibility index (Phi) is 5.20. The zero-order valence-electron chi connectivity index (χ0n) is 14.2. The molecule has 0 aliphatic carbocycles. The van der Waals surface area contributed by atoms with E-state index in [2.05, 4.69) is 10.2 Å². The van der Waals surface area contributed by atoms with E-state index in [1.54, 1.807) is 6.33 Å². The van der Waals surface area contributed by atoms with Gasteiger partial charge in [0, 0.05) is 13.1 Å². The number of aryl methyl sites for hydroxylation is 1. The number of hydrogen-bond acceptors (Lipinski definition) is 5. The minimum absolute atomic E-state index is 0.0818. The van der Waals surface area contributed by atoms with Crippen LogP contribution in [-0.2, 0) is 9.53 Å².